The van der Waals surface area contributed by atoms with Gasteiger partial charge < -0.3 is 14.0 Å². The first kappa shape index (κ1) is 27.5. The third-order valence-corrected chi connectivity index (χ3v) is 9.89. The van der Waals surface area contributed by atoms with Crippen LogP contribution in [0, 0.1) is 0 Å². The Labute approximate surface area is 284 Å². The van der Waals surface area contributed by atoms with Crippen molar-refractivity contribution in [3.63, 3.8) is 0 Å². The topological polar surface area (TPSA) is 13.1 Å². The highest BCUT2D eigenvalue weighted by atomic mass is 15.1. The van der Waals surface area contributed by atoms with Crippen LogP contribution in [0.1, 0.15) is 0 Å². The lowest BCUT2D eigenvalue weighted by Crippen LogP contribution is -2.10. The van der Waals surface area contributed by atoms with Gasteiger partial charge in [-0.15, -0.1) is 0 Å². The van der Waals surface area contributed by atoms with Gasteiger partial charge in [-0.3, -0.25) is 0 Å². The van der Waals surface area contributed by atoms with Gasteiger partial charge in [-0.05, 0) is 100 Å². The van der Waals surface area contributed by atoms with Crippen LogP contribution >= 0.6 is 0 Å². The molecule has 0 saturated carbocycles. The minimum Gasteiger partial charge on any atom is -0.316 e. The summed E-state index contributed by atoms with van der Waals surface area (Å²) in [4.78, 5) is 2.36. The smallest absolute Gasteiger partial charge is 0.0635 e. The highest BCUT2D eigenvalue weighted by Crippen LogP contribution is 2.40. The van der Waals surface area contributed by atoms with Crippen molar-refractivity contribution in [3.05, 3.63) is 188 Å². The Balaban J connectivity index is 1.12. The Morgan fingerprint density at radius 1 is 0.347 bits per heavy atom. The highest BCUT2D eigenvalue weighted by molar-refractivity contribution is 6.18. The van der Waals surface area contributed by atoms with Crippen LogP contribution in [0.5, 0.6) is 0 Å². The van der Waals surface area contributed by atoms with Crippen molar-refractivity contribution in [1.82, 2.24) is 9.13 Å². The molecule has 0 radical (unpaired) electrons. The number of benzene rings is 8. The molecule has 0 unspecified atom stereocenters. The van der Waals surface area contributed by atoms with E-state index in [9.17, 15) is 0 Å². The molecule has 230 valence electrons. The molecule has 0 fully saturated rings. The third-order valence-electron chi connectivity index (χ3n) is 9.89. The predicted octanol–water partition coefficient (Wildman–Crippen LogP) is 12.5. The van der Waals surface area contributed by atoms with Gasteiger partial charge in [0.05, 0.1) is 16.6 Å². The minimum absolute atomic E-state index is 1.11. The molecule has 0 N–H and O–H groups in total. The number of anilines is 3. The van der Waals surface area contributed by atoms with Crippen molar-refractivity contribution in [2.24, 2.45) is 0 Å². The molecule has 0 aliphatic carbocycles. The Kier molecular flexibility index (Phi) is 6.18. The van der Waals surface area contributed by atoms with Crippen molar-refractivity contribution in [2.75, 3.05) is 4.90 Å². The van der Waals surface area contributed by atoms with Crippen LogP contribution in [0.15, 0.2) is 188 Å². The van der Waals surface area contributed by atoms with Gasteiger partial charge in [0.1, 0.15) is 0 Å². The lowest BCUT2D eigenvalue weighted by molar-refractivity contribution is 1.12. The summed E-state index contributed by atoms with van der Waals surface area (Å²) in [6, 6.07) is 65.7. The van der Waals surface area contributed by atoms with E-state index in [-0.39, 0.29) is 0 Å². The molecule has 3 heteroatoms. The molecule has 10 rings (SSSR count). The van der Waals surface area contributed by atoms with Crippen LogP contribution in [-0.2, 0) is 0 Å². The predicted molar refractivity (Wildman–Crippen MR) is 207 cm³/mol. The van der Waals surface area contributed by atoms with Crippen molar-refractivity contribution in [3.8, 4) is 11.4 Å². The van der Waals surface area contributed by atoms with Gasteiger partial charge in [0, 0.05) is 50.8 Å². The lowest BCUT2D eigenvalue weighted by Gasteiger charge is -2.26. The number of hydrogen-bond donors (Lipinski definition) is 0. The summed E-state index contributed by atoms with van der Waals surface area (Å²) in [5, 5.41) is 8.68. The molecule has 0 aliphatic heterocycles. The normalized spacial score (nSPS) is 11.7. The van der Waals surface area contributed by atoms with E-state index in [1.165, 1.54) is 59.9 Å². The molecule has 8 aromatic carbocycles. The number of hydrogen-bond acceptors (Lipinski definition) is 1. The fourth-order valence-electron chi connectivity index (χ4n) is 7.59. The van der Waals surface area contributed by atoms with Gasteiger partial charge >= 0.3 is 0 Å². The fraction of sp³-hybridized carbons (Fsp3) is 0. The Bertz CT molecular complexity index is 2740. The van der Waals surface area contributed by atoms with Crippen molar-refractivity contribution in [1.29, 1.82) is 0 Å². The number of para-hydroxylation sites is 2. The van der Waals surface area contributed by atoms with Crippen LogP contribution in [0.3, 0.4) is 0 Å². The molecule has 2 heterocycles. The van der Waals surface area contributed by atoms with E-state index in [0.717, 1.165) is 22.7 Å². The fourth-order valence-corrected chi connectivity index (χ4v) is 7.59. The van der Waals surface area contributed by atoms with Gasteiger partial charge in [-0.2, -0.15) is 0 Å². The van der Waals surface area contributed by atoms with Crippen LogP contribution in [0.25, 0.3) is 65.6 Å². The van der Waals surface area contributed by atoms with Crippen LogP contribution in [0.4, 0.5) is 17.1 Å². The average molecular weight is 626 g/mol. The lowest BCUT2D eigenvalue weighted by atomic mass is 10.1. The molecule has 0 spiro atoms. The first-order chi connectivity index (χ1) is 24.3. The highest BCUT2D eigenvalue weighted by Gasteiger charge is 2.18. The van der Waals surface area contributed by atoms with E-state index in [1.54, 1.807) is 0 Å². The van der Waals surface area contributed by atoms with Gasteiger partial charge in [0.2, 0.25) is 0 Å². The summed E-state index contributed by atoms with van der Waals surface area (Å²) in [5.41, 5.74) is 9.29. The second-order valence-electron chi connectivity index (χ2n) is 12.7. The van der Waals surface area contributed by atoms with E-state index in [2.05, 4.69) is 202 Å². The summed E-state index contributed by atoms with van der Waals surface area (Å²) in [5.74, 6) is 0. The minimum atomic E-state index is 1.11. The Morgan fingerprint density at radius 2 is 0.939 bits per heavy atom. The molecule has 0 bridgehead atoms. The summed E-state index contributed by atoms with van der Waals surface area (Å²) < 4.78 is 4.72. The molecule has 0 saturated heterocycles. The molecule has 49 heavy (non-hydrogen) atoms. The maximum absolute atomic E-state index is 2.41. The second kappa shape index (κ2) is 11.0. The maximum atomic E-state index is 2.41. The van der Waals surface area contributed by atoms with Gasteiger partial charge in [0.15, 0.2) is 0 Å². The van der Waals surface area contributed by atoms with E-state index in [4.69, 9.17) is 0 Å². The largest absolute Gasteiger partial charge is 0.316 e. The third kappa shape index (κ3) is 4.44. The van der Waals surface area contributed by atoms with Crippen LogP contribution in [-0.4, -0.2) is 9.13 Å². The second-order valence-corrected chi connectivity index (χ2v) is 12.7. The molecular formula is C46H31N3. The summed E-state index contributed by atoms with van der Waals surface area (Å²) >= 11 is 0. The maximum Gasteiger partial charge on any atom is 0.0635 e. The monoisotopic (exact) mass is 625 g/mol. The summed E-state index contributed by atoms with van der Waals surface area (Å²) in [6.07, 6.45) is 2.20. The number of rotatable bonds is 5. The van der Waals surface area contributed by atoms with E-state index >= 15 is 0 Å². The molecule has 0 aliphatic rings. The zero-order valence-electron chi connectivity index (χ0n) is 26.7. The average Bonchev–Trinajstić information content (AvgIpc) is 3.75. The molecular weight excluding hydrogens is 595 g/mol. The number of fused-ring (bicyclic) bond motifs is 7. The van der Waals surface area contributed by atoms with Gasteiger partial charge in [0.25, 0.3) is 0 Å². The standard InChI is InChI=1S/C46H31N3/c1-2-14-37(15-3-1)49-45-17-9-8-16-41(45)42-26-27-44-43(46(42)49)28-29-47(44)36-22-24-38(25-23-36)48(39-20-18-32-10-4-6-12-34(32)30-39)40-21-19-33-11-5-7-13-35(33)31-40/h1-31H. The van der Waals surface area contributed by atoms with E-state index in [1.807, 2.05) is 0 Å². The number of aromatic nitrogens is 2. The van der Waals surface area contributed by atoms with Gasteiger partial charge in [-0.25, -0.2) is 0 Å². The van der Waals surface area contributed by atoms with E-state index < -0.39 is 0 Å². The Morgan fingerprint density at radius 3 is 1.63 bits per heavy atom. The zero-order chi connectivity index (χ0) is 32.3. The van der Waals surface area contributed by atoms with Crippen molar-refractivity contribution in [2.45, 2.75) is 0 Å². The van der Waals surface area contributed by atoms with Gasteiger partial charge in [-0.1, -0.05) is 103 Å². The SMILES string of the molecule is c1ccc(-n2c3ccccc3c3ccc4c(ccn4-c4ccc(N(c5ccc6ccccc6c5)c5ccc6ccccc6c5)cc4)c32)cc1. The molecule has 10 aromatic rings. The van der Waals surface area contributed by atoms with Crippen LogP contribution in [0.2, 0.25) is 0 Å². The molecule has 0 atom stereocenters. The quantitative estimate of drug-likeness (QED) is 0.185. The molecule has 3 nitrogen and oxygen atoms in total. The first-order valence-corrected chi connectivity index (χ1v) is 16.8. The van der Waals surface area contributed by atoms with Crippen molar-refractivity contribution < 1.29 is 0 Å². The molecule has 2 aromatic heterocycles. The van der Waals surface area contributed by atoms with Crippen molar-refractivity contribution >= 4 is 71.3 Å². The number of nitrogens with zero attached hydrogens (tertiary/aromatic N) is 3. The van der Waals surface area contributed by atoms with Crippen LogP contribution < -0.4 is 4.90 Å². The summed E-state index contributed by atoms with van der Waals surface area (Å²) in [6.45, 7) is 0. The summed E-state index contributed by atoms with van der Waals surface area (Å²) in [7, 11) is 0. The zero-order valence-corrected chi connectivity index (χ0v) is 26.7. The molecule has 0 amide bonds. The Hall–Kier alpha value is -6.58. The van der Waals surface area contributed by atoms with E-state index in [0.29, 0.717) is 0 Å². The first-order valence-electron chi connectivity index (χ1n) is 16.8.